The van der Waals surface area contributed by atoms with E-state index in [9.17, 15) is 14.4 Å². The number of likely N-dealkylation sites (tertiary alicyclic amines) is 2. The Morgan fingerprint density at radius 2 is 1.87 bits per heavy atom. The Morgan fingerprint density at radius 1 is 1.10 bits per heavy atom. The molecule has 4 aliphatic rings. The number of amides is 4. The minimum Gasteiger partial charge on any atom is -0.381 e. The van der Waals surface area contributed by atoms with Gasteiger partial charge in [-0.1, -0.05) is 0 Å². The topological polar surface area (TPSA) is 91.2 Å². The van der Waals surface area contributed by atoms with E-state index in [0.29, 0.717) is 52.4 Å². The van der Waals surface area contributed by atoms with E-state index in [1.165, 1.54) is 0 Å². The smallest absolute Gasteiger partial charge is 0.324 e. The summed E-state index contributed by atoms with van der Waals surface area (Å²) in [5.74, 6) is -0.0839. The fraction of sp³-hybridized carbons (Fsp3) is 0.700. The maximum absolute atomic E-state index is 12.9. The normalized spacial score (nSPS) is 26.1. The number of nitrogens with zero attached hydrogens (tertiary/aromatic N) is 6. The fourth-order valence-electron chi connectivity index (χ4n) is 4.86. The molecule has 0 N–H and O–H groups in total. The van der Waals surface area contributed by atoms with Gasteiger partial charge in [0.25, 0.3) is 0 Å². The molecule has 0 radical (unpaired) electrons. The second-order valence-corrected chi connectivity index (χ2v) is 8.72. The molecule has 1 atom stereocenters. The predicted octanol–water partition coefficient (Wildman–Crippen LogP) is 0.166. The van der Waals surface area contributed by atoms with Crippen LogP contribution in [0.3, 0.4) is 0 Å². The zero-order valence-corrected chi connectivity index (χ0v) is 17.3. The number of aromatic nitrogens is 2. The summed E-state index contributed by atoms with van der Waals surface area (Å²) in [5.41, 5.74) is 0.794. The van der Waals surface area contributed by atoms with Crippen molar-refractivity contribution in [1.82, 2.24) is 24.5 Å². The van der Waals surface area contributed by atoms with Crippen molar-refractivity contribution in [2.75, 3.05) is 57.9 Å². The second-order valence-electron chi connectivity index (χ2n) is 8.72. The summed E-state index contributed by atoms with van der Waals surface area (Å²) in [6, 6.07) is 0.310. The summed E-state index contributed by atoms with van der Waals surface area (Å²) >= 11 is 0. The van der Waals surface area contributed by atoms with Gasteiger partial charge in [-0.05, 0) is 12.8 Å². The Balaban J connectivity index is 1.15. The van der Waals surface area contributed by atoms with Crippen LogP contribution in [0.2, 0.25) is 0 Å². The Hall–Kier alpha value is -2.62. The quantitative estimate of drug-likeness (QED) is 0.698. The zero-order chi connectivity index (χ0) is 20.8. The molecule has 5 heterocycles. The van der Waals surface area contributed by atoms with E-state index >= 15 is 0 Å². The van der Waals surface area contributed by atoms with Crippen molar-refractivity contribution >= 4 is 23.5 Å². The van der Waals surface area contributed by atoms with Crippen LogP contribution >= 0.6 is 0 Å². The first-order chi connectivity index (χ1) is 14.5. The molecular formula is C20H28N6O4. The fourth-order valence-corrected chi connectivity index (χ4v) is 4.86. The molecular weight excluding hydrogens is 388 g/mol. The van der Waals surface area contributed by atoms with Crippen LogP contribution in [0.1, 0.15) is 25.3 Å². The molecule has 1 aromatic rings. The van der Waals surface area contributed by atoms with Crippen molar-refractivity contribution in [2.24, 2.45) is 5.92 Å². The number of rotatable bonds is 4. The van der Waals surface area contributed by atoms with Gasteiger partial charge in [-0.15, -0.1) is 0 Å². The highest BCUT2D eigenvalue weighted by Gasteiger charge is 2.43. The van der Waals surface area contributed by atoms with Crippen LogP contribution in [0.25, 0.3) is 0 Å². The van der Waals surface area contributed by atoms with Gasteiger partial charge in [0.05, 0.1) is 23.8 Å². The molecule has 10 nitrogen and oxygen atoms in total. The lowest BCUT2D eigenvalue weighted by molar-refractivity contribution is -0.141. The molecule has 0 saturated carbocycles. The average Bonchev–Trinajstić information content (AvgIpc) is 3.42. The van der Waals surface area contributed by atoms with E-state index in [0.717, 1.165) is 18.5 Å². The Kier molecular flexibility index (Phi) is 4.88. The molecule has 30 heavy (non-hydrogen) atoms. The summed E-state index contributed by atoms with van der Waals surface area (Å²) in [6.07, 6.45) is 5.62. The van der Waals surface area contributed by atoms with Crippen molar-refractivity contribution < 1.29 is 19.1 Å². The van der Waals surface area contributed by atoms with E-state index in [1.54, 1.807) is 23.0 Å². The predicted molar refractivity (Wildman–Crippen MR) is 107 cm³/mol. The van der Waals surface area contributed by atoms with Gasteiger partial charge in [0, 0.05) is 71.6 Å². The number of hydrogen-bond acceptors (Lipinski definition) is 5. The molecule has 4 amide bonds. The average molecular weight is 416 g/mol. The number of urea groups is 1. The van der Waals surface area contributed by atoms with Gasteiger partial charge >= 0.3 is 6.03 Å². The molecule has 5 rings (SSSR count). The molecule has 4 saturated heterocycles. The first-order valence-electron chi connectivity index (χ1n) is 10.7. The molecule has 0 aromatic carbocycles. The summed E-state index contributed by atoms with van der Waals surface area (Å²) < 4.78 is 7.23. The summed E-state index contributed by atoms with van der Waals surface area (Å²) in [5, 5.41) is 4.41. The number of hydrogen-bond donors (Lipinski definition) is 0. The van der Waals surface area contributed by atoms with Crippen LogP contribution < -0.4 is 4.90 Å². The minimum atomic E-state index is -0.243. The lowest BCUT2D eigenvalue weighted by Crippen LogP contribution is -2.53. The van der Waals surface area contributed by atoms with Gasteiger partial charge in [0.15, 0.2) is 0 Å². The summed E-state index contributed by atoms with van der Waals surface area (Å²) in [6.45, 7) is 4.46. The van der Waals surface area contributed by atoms with Gasteiger partial charge in [0.1, 0.15) is 0 Å². The number of anilines is 1. The maximum Gasteiger partial charge on any atom is 0.324 e. The monoisotopic (exact) mass is 416 g/mol. The number of carbonyl (C=O) groups is 3. The Labute approximate surface area is 175 Å². The lowest BCUT2D eigenvalue weighted by atomic mass is 10.0. The first kappa shape index (κ1) is 19.3. The van der Waals surface area contributed by atoms with E-state index in [2.05, 4.69) is 5.10 Å². The second kappa shape index (κ2) is 7.57. The molecule has 4 fully saturated rings. The highest BCUT2D eigenvalue weighted by atomic mass is 16.5. The van der Waals surface area contributed by atoms with E-state index < -0.39 is 0 Å². The Bertz CT molecular complexity index is 844. The van der Waals surface area contributed by atoms with Gasteiger partial charge < -0.3 is 19.4 Å². The molecule has 4 aliphatic heterocycles. The SMILES string of the molecule is CN1CCN(c2cnn(C3CN(C(=O)C4CC(=O)N(C5CCOCC5)C4)C3)c2)C1=O. The van der Waals surface area contributed by atoms with Gasteiger partial charge in [0.2, 0.25) is 11.8 Å². The molecule has 1 aromatic heterocycles. The minimum absolute atomic E-state index is 0.0139. The third kappa shape index (κ3) is 3.32. The highest BCUT2D eigenvalue weighted by Crippen LogP contribution is 2.30. The first-order valence-corrected chi connectivity index (χ1v) is 10.7. The molecule has 1 unspecified atom stereocenters. The Morgan fingerprint density at radius 3 is 2.57 bits per heavy atom. The van der Waals surface area contributed by atoms with E-state index in [1.807, 2.05) is 20.7 Å². The zero-order valence-electron chi connectivity index (χ0n) is 17.3. The molecule has 162 valence electrons. The van der Waals surface area contributed by atoms with Crippen LogP contribution in [0.4, 0.5) is 10.5 Å². The van der Waals surface area contributed by atoms with Crippen LogP contribution in [0, 0.1) is 5.92 Å². The molecule has 0 spiro atoms. The number of carbonyl (C=O) groups excluding carboxylic acids is 3. The molecule has 0 bridgehead atoms. The summed E-state index contributed by atoms with van der Waals surface area (Å²) in [4.78, 5) is 44.6. The maximum atomic E-state index is 12.9. The van der Waals surface area contributed by atoms with Crippen LogP contribution in [0.5, 0.6) is 0 Å². The van der Waals surface area contributed by atoms with Crippen LogP contribution in [-0.2, 0) is 14.3 Å². The third-order valence-electron chi connectivity index (χ3n) is 6.80. The lowest BCUT2D eigenvalue weighted by Gasteiger charge is -2.40. The van der Waals surface area contributed by atoms with Gasteiger partial charge in [-0.2, -0.15) is 5.10 Å². The summed E-state index contributed by atoms with van der Waals surface area (Å²) in [7, 11) is 1.79. The number of likely N-dealkylation sites (N-methyl/N-ethyl adjacent to an activating group) is 1. The van der Waals surface area contributed by atoms with E-state index in [-0.39, 0.29) is 35.8 Å². The van der Waals surface area contributed by atoms with Crippen molar-refractivity contribution in [3.05, 3.63) is 12.4 Å². The molecule has 10 heteroatoms. The van der Waals surface area contributed by atoms with Crippen LogP contribution in [-0.4, -0.2) is 101 Å². The van der Waals surface area contributed by atoms with Crippen molar-refractivity contribution in [2.45, 2.75) is 31.3 Å². The highest BCUT2D eigenvalue weighted by molar-refractivity contribution is 5.93. The standard InChI is InChI=1S/C20H28N6O4/c1-22-4-5-24(20(22)29)16-9-21-26(13-16)17-11-23(12-17)19(28)14-8-18(27)25(10-14)15-2-6-30-7-3-15/h9,13-15,17H,2-8,10-12H2,1H3. The van der Waals surface area contributed by atoms with Crippen molar-refractivity contribution in [3.63, 3.8) is 0 Å². The van der Waals surface area contributed by atoms with Crippen molar-refractivity contribution in [3.8, 4) is 0 Å². The third-order valence-corrected chi connectivity index (χ3v) is 6.80. The molecule has 0 aliphatic carbocycles. The largest absolute Gasteiger partial charge is 0.381 e. The van der Waals surface area contributed by atoms with Crippen LogP contribution in [0.15, 0.2) is 12.4 Å². The van der Waals surface area contributed by atoms with Crippen molar-refractivity contribution in [1.29, 1.82) is 0 Å². The number of ether oxygens (including phenoxy) is 1. The van der Waals surface area contributed by atoms with E-state index in [4.69, 9.17) is 4.74 Å². The van der Waals surface area contributed by atoms with Gasteiger partial charge in [-0.3, -0.25) is 19.2 Å². The van der Waals surface area contributed by atoms with Gasteiger partial charge in [-0.25, -0.2) is 4.79 Å².